The molecule has 21 heavy (non-hydrogen) atoms. The lowest BCUT2D eigenvalue weighted by Crippen LogP contribution is -2.38. The van der Waals surface area contributed by atoms with Crippen molar-refractivity contribution in [1.82, 2.24) is 9.88 Å². The van der Waals surface area contributed by atoms with Gasteiger partial charge in [-0.2, -0.15) is 0 Å². The second-order valence-corrected chi connectivity index (χ2v) is 5.24. The molecule has 0 atom stereocenters. The summed E-state index contributed by atoms with van der Waals surface area (Å²) in [6.07, 6.45) is 1.90. The number of H-pyrrole nitrogens is 1. The van der Waals surface area contributed by atoms with Crippen molar-refractivity contribution in [2.45, 2.75) is 25.8 Å². The van der Waals surface area contributed by atoms with Gasteiger partial charge in [-0.05, 0) is 31.9 Å². The number of esters is 1. The third kappa shape index (κ3) is 2.91. The number of benzene rings is 1. The SMILES string of the molecule is CCOC(=O)CN(C(=O)c1cc2ccccc2[nH]1)C1CC1. The van der Waals surface area contributed by atoms with Crippen molar-refractivity contribution < 1.29 is 14.3 Å². The Morgan fingerprint density at radius 2 is 2.10 bits per heavy atom. The maximum atomic E-state index is 12.6. The molecule has 1 N–H and O–H groups in total. The van der Waals surface area contributed by atoms with E-state index in [4.69, 9.17) is 4.74 Å². The van der Waals surface area contributed by atoms with Crippen molar-refractivity contribution in [3.63, 3.8) is 0 Å². The van der Waals surface area contributed by atoms with E-state index in [0.717, 1.165) is 23.7 Å². The molecule has 1 aromatic carbocycles. The van der Waals surface area contributed by atoms with E-state index in [1.165, 1.54) is 0 Å². The van der Waals surface area contributed by atoms with Gasteiger partial charge in [0, 0.05) is 16.9 Å². The summed E-state index contributed by atoms with van der Waals surface area (Å²) < 4.78 is 4.95. The highest BCUT2D eigenvalue weighted by atomic mass is 16.5. The molecular formula is C16H18N2O3. The Kier molecular flexibility index (Phi) is 3.64. The van der Waals surface area contributed by atoms with E-state index < -0.39 is 0 Å². The molecule has 0 bridgehead atoms. The number of fused-ring (bicyclic) bond motifs is 1. The fraction of sp³-hybridized carbons (Fsp3) is 0.375. The summed E-state index contributed by atoms with van der Waals surface area (Å²) in [6.45, 7) is 2.11. The van der Waals surface area contributed by atoms with Crippen LogP contribution in [-0.4, -0.2) is 41.0 Å². The fourth-order valence-electron chi connectivity index (χ4n) is 2.44. The summed E-state index contributed by atoms with van der Waals surface area (Å²) in [5.74, 6) is -0.490. The Hall–Kier alpha value is -2.30. The first kappa shape index (κ1) is 13.7. The number of hydrogen-bond acceptors (Lipinski definition) is 3. The Labute approximate surface area is 122 Å². The molecule has 2 aromatic rings. The monoisotopic (exact) mass is 286 g/mol. The molecule has 5 nitrogen and oxygen atoms in total. The average molecular weight is 286 g/mol. The second-order valence-electron chi connectivity index (χ2n) is 5.24. The summed E-state index contributed by atoms with van der Waals surface area (Å²) in [4.78, 5) is 29.0. The number of nitrogens with zero attached hydrogens (tertiary/aromatic N) is 1. The zero-order chi connectivity index (χ0) is 14.8. The maximum Gasteiger partial charge on any atom is 0.325 e. The number of aromatic nitrogens is 1. The largest absolute Gasteiger partial charge is 0.465 e. The van der Waals surface area contributed by atoms with Gasteiger partial charge in [-0.25, -0.2) is 0 Å². The van der Waals surface area contributed by atoms with Crippen LogP contribution in [-0.2, 0) is 9.53 Å². The fourth-order valence-corrected chi connectivity index (χ4v) is 2.44. The van der Waals surface area contributed by atoms with Gasteiger partial charge in [0.05, 0.1) is 6.61 Å². The summed E-state index contributed by atoms with van der Waals surface area (Å²) in [5.41, 5.74) is 1.44. The van der Waals surface area contributed by atoms with Gasteiger partial charge in [0.2, 0.25) is 0 Å². The molecule has 5 heteroatoms. The Balaban J connectivity index is 1.81. The molecule has 0 unspecified atom stereocenters. The third-order valence-electron chi connectivity index (χ3n) is 3.61. The van der Waals surface area contributed by atoms with Crippen molar-refractivity contribution in [3.8, 4) is 0 Å². The molecule has 1 amide bonds. The van der Waals surface area contributed by atoms with Crippen LogP contribution in [0.3, 0.4) is 0 Å². The number of carbonyl (C=O) groups is 2. The highest BCUT2D eigenvalue weighted by Crippen LogP contribution is 2.28. The van der Waals surface area contributed by atoms with Crippen LogP contribution in [0, 0.1) is 0 Å². The van der Waals surface area contributed by atoms with Gasteiger partial charge in [-0.1, -0.05) is 18.2 Å². The number of aromatic amines is 1. The van der Waals surface area contributed by atoms with Crippen LogP contribution in [0.4, 0.5) is 0 Å². The minimum atomic E-state index is -0.353. The van der Waals surface area contributed by atoms with E-state index in [2.05, 4.69) is 4.98 Å². The molecule has 1 aromatic heterocycles. The van der Waals surface area contributed by atoms with E-state index in [0.29, 0.717) is 12.3 Å². The average Bonchev–Trinajstić information content (AvgIpc) is 3.22. The standard InChI is InChI=1S/C16H18N2O3/c1-2-21-15(19)10-18(12-7-8-12)16(20)14-9-11-5-3-4-6-13(11)17-14/h3-6,9,12,17H,2,7-8,10H2,1H3. The first-order valence-corrected chi connectivity index (χ1v) is 7.23. The normalized spacial score (nSPS) is 14.1. The quantitative estimate of drug-likeness (QED) is 0.858. The summed E-state index contributed by atoms with van der Waals surface area (Å²) in [6, 6.07) is 9.73. The molecule has 1 heterocycles. The lowest BCUT2D eigenvalue weighted by Gasteiger charge is -2.20. The molecule has 1 aliphatic rings. The van der Waals surface area contributed by atoms with Crippen LogP contribution >= 0.6 is 0 Å². The van der Waals surface area contributed by atoms with Crippen molar-refractivity contribution in [1.29, 1.82) is 0 Å². The Morgan fingerprint density at radius 3 is 2.76 bits per heavy atom. The molecule has 1 fully saturated rings. The second kappa shape index (κ2) is 5.60. The third-order valence-corrected chi connectivity index (χ3v) is 3.61. The summed E-state index contributed by atoms with van der Waals surface area (Å²) in [7, 11) is 0. The van der Waals surface area contributed by atoms with Crippen molar-refractivity contribution in [2.75, 3.05) is 13.2 Å². The molecule has 110 valence electrons. The van der Waals surface area contributed by atoms with E-state index in [1.54, 1.807) is 11.8 Å². The summed E-state index contributed by atoms with van der Waals surface area (Å²) in [5, 5.41) is 0.993. The summed E-state index contributed by atoms with van der Waals surface area (Å²) >= 11 is 0. The van der Waals surface area contributed by atoms with Gasteiger partial charge < -0.3 is 14.6 Å². The smallest absolute Gasteiger partial charge is 0.325 e. The molecule has 0 radical (unpaired) electrons. The van der Waals surface area contributed by atoms with Crippen LogP contribution in [0.5, 0.6) is 0 Å². The van der Waals surface area contributed by atoms with E-state index >= 15 is 0 Å². The minimum Gasteiger partial charge on any atom is -0.465 e. The highest BCUT2D eigenvalue weighted by Gasteiger charge is 2.35. The topological polar surface area (TPSA) is 62.4 Å². The van der Waals surface area contributed by atoms with E-state index in [-0.39, 0.29) is 24.5 Å². The zero-order valence-corrected chi connectivity index (χ0v) is 12.0. The van der Waals surface area contributed by atoms with Crippen molar-refractivity contribution >= 4 is 22.8 Å². The molecule has 0 spiro atoms. The van der Waals surface area contributed by atoms with Gasteiger partial charge in [-0.15, -0.1) is 0 Å². The predicted molar refractivity (Wildman–Crippen MR) is 79.0 cm³/mol. The first-order valence-electron chi connectivity index (χ1n) is 7.23. The van der Waals surface area contributed by atoms with Crippen molar-refractivity contribution in [2.24, 2.45) is 0 Å². The van der Waals surface area contributed by atoms with Crippen LogP contribution in [0.25, 0.3) is 10.9 Å². The molecule has 0 aliphatic heterocycles. The number of hydrogen-bond donors (Lipinski definition) is 1. The Morgan fingerprint density at radius 1 is 1.33 bits per heavy atom. The van der Waals surface area contributed by atoms with Crippen LogP contribution in [0.1, 0.15) is 30.3 Å². The van der Waals surface area contributed by atoms with Crippen LogP contribution in [0.15, 0.2) is 30.3 Å². The highest BCUT2D eigenvalue weighted by molar-refractivity contribution is 5.99. The minimum absolute atomic E-state index is 0.0205. The van der Waals surface area contributed by atoms with Gasteiger partial charge in [0.25, 0.3) is 5.91 Å². The van der Waals surface area contributed by atoms with Crippen LogP contribution in [0.2, 0.25) is 0 Å². The molecule has 3 rings (SSSR count). The van der Waals surface area contributed by atoms with E-state index in [9.17, 15) is 9.59 Å². The molecule has 1 aliphatic carbocycles. The number of ether oxygens (including phenoxy) is 1. The molecule has 1 saturated carbocycles. The van der Waals surface area contributed by atoms with E-state index in [1.807, 2.05) is 30.3 Å². The van der Waals surface area contributed by atoms with Gasteiger partial charge in [0.1, 0.15) is 12.2 Å². The number of rotatable bonds is 5. The molecule has 0 saturated heterocycles. The Bertz CT molecular complexity index is 640. The number of para-hydroxylation sites is 1. The first-order chi connectivity index (χ1) is 10.2. The maximum absolute atomic E-state index is 12.6. The predicted octanol–water partition coefficient (Wildman–Crippen LogP) is 2.34. The lowest BCUT2D eigenvalue weighted by atomic mass is 10.2. The van der Waals surface area contributed by atoms with Crippen LogP contribution < -0.4 is 0 Å². The number of nitrogens with one attached hydrogen (secondary N) is 1. The van der Waals surface area contributed by atoms with Gasteiger partial charge in [0.15, 0.2) is 0 Å². The van der Waals surface area contributed by atoms with Gasteiger partial charge >= 0.3 is 5.97 Å². The number of amides is 1. The zero-order valence-electron chi connectivity index (χ0n) is 12.0. The van der Waals surface area contributed by atoms with Gasteiger partial charge in [-0.3, -0.25) is 9.59 Å². The lowest BCUT2D eigenvalue weighted by molar-refractivity contribution is -0.144. The molecular weight excluding hydrogens is 268 g/mol. The number of carbonyl (C=O) groups excluding carboxylic acids is 2. The van der Waals surface area contributed by atoms with Crippen molar-refractivity contribution in [3.05, 3.63) is 36.0 Å².